The van der Waals surface area contributed by atoms with Gasteiger partial charge in [-0.2, -0.15) is 18.3 Å². The zero-order valence-corrected chi connectivity index (χ0v) is 20.7. The van der Waals surface area contributed by atoms with E-state index in [-0.39, 0.29) is 40.4 Å². The first kappa shape index (κ1) is 26.6. The van der Waals surface area contributed by atoms with Crippen LogP contribution in [-0.2, 0) is 29.7 Å². The maximum atomic E-state index is 13.5. The molecule has 14 heteroatoms. The second-order valence-corrected chi connectivity index (χ2v) is 9.68. The van der Waals surface area contributed by atoms with Gasteiger partial charge in [0.15, 0.2) is 5.69 Å². The number of aromatic nitrogens is 4. The van der Waals surface area contributed by atoms with E-state index in [1.165, 1.54) is 30.3 Å². The van der Waals surface area contributed by atoms with Crippen LogP contribution in [0.25, 0.3) is 27.5 Å². The molecular weight excluding hydrogens is 525 g/mol. The van der Waals surface area contributed by atoms with Gasteiger partial charge in [-0.25, -0.2) is 27.9 Å². The van der Waals surface area contributed by atoms with Crippen LogP contribution in [0, 0.1) is 6.57 Å². The number of rotatable bonds is 5. The Hall–Kier alpha value is -4.48. The summed E-state index contributed by atoms with van der Waals surface area (Å²) in [6, 6.07) is 9.82. The topological polar surface area (TPSA) is 126 Å². The fraction of sp³-hybridized carbons (Fsp3) is 0.167. The van der Waals surface area contributed by atoms with Gasteiger partial charge in [-0.15, -0.1) is 0 Å². The van der Waals surface area contributed by atoms with E-state index >= 15 is 0 Å². The molecule has 0 atom stereocenters. The van der Waals surface area contributed by atoms with Crippen LogP contribution in [-0.4, -0.2) is 27.3 Å². The summed E-state index contributed by atoms with van der Waals surface area (Å²) in [5.74, 6) is 0. The highest BCUT2D eigenvalue weighted by atomic mass is 32.2. The molecule has 4 rings (SSSR count). The Kier molecular flexibility index (Phi) is 6.60. The molecule has 0 amide bonds. The van der Waals surface area contributed by atoms with Crippen molar-refractivity contribution in [3.05, 3.63) is 98.2 Å². The lowest BCUT2D eigenvalue weighted by molar-refractivity contribution is -0.137. The Labute approximate surface area is 213 Å². The molecule has 38 heavy (non-hydrogen) atoms. The van der Waals surface area contributed by atoms with Crippen LogP contribution >= 0.6 is 0 Å². The highest BCUT2D eigenvalue weighted by Crippen LogP contribution is 2.33. The fourth-order valence-electron chi connectivity index (χ4n) is 4.05. The number of sulfonamides is 1. The van der Waals surface area contributed by atoms with Crippen molar-refractivity contribution >= 4 is 15.7 Å². The third kappa shape index (κ3) is 4.53. The Bertz CT molecular complexity index is 1830. The lowest BCUT2D eigenvalue weighted by atomic mass is 10.1. The molecule has 0 spiro atoms. The molecule has 0 aliphatic carbocycles. The predicted molar refractivity (Wildman–Crippen MR) is 132 cm³/mol. The molecule has 10 nitrogen and oxygen atoms in total. The van der Waals surface area contributed by atoms with E-state index in [0.717, 1.165) is 40.7 Å². The van der Waals surface area contributed by atoms with Crippen molar-refractivity contribution in [1.29, 1.82) is 0 Å². The van der Waals surface area contributed by atoms with Crippen molar-refractivity contribution in [3.8, 4) is 22.6 Å². The highest BCUT2D eigenvalue weighted by Gasteiger charge is 2.32. The Morgan fingerprint density at radius 2 is 1.74 bits per heavy atom. The first-order valence-electron chi connectivity index (χ1n) is 10.9. The van der Waals surface area contributed by atoms with Crippen molar-refractivity contribution in [3.63, 3.8) is 0 Å². The second kappa shape index (κ2) is 9.43. The summed E-state index contributed by atoms with van der Waals surface area (Å²) in [6.07, 6.45) is -3.82. The summed E-state index contributed by atoms with van der Waals surface area (Å²) >= 11 is 0. The average Bonchev–Trinajstić information content (AvgIpc) is 3.32. The number of alkyl halides is 3. The highest BCUT2D eigenvalue weighted by molar-refractivity contribution is 7.89. The number of nitrogens with zero attached hydrogens (tertiary/aromatic N) is 5. The molecule has 2 aromatic carbocycles. The van der Waals surface area contributed by atoms with Gasteiger partial charge >= 0.3 is 11.9 Å². The molecule has 2 heterocycles. The minimum atomic E-state index is -4.70. The summed E-state index contributed by atoms with van der Waals surface area (Å²) in [6.45, 7) is 8.68. The van der Waals surface area contributed by atoms with E-state index < -0.39 is 37.9 Å². The summed E-state index contributed by atoms with van der Waals surface area (Å²) in [7, 11) is -3.34. The van der Waals surface area contributed by atoms with Crippen LogP contribution in [0.3, 0.4) is 0 Å². The molecule has 0 saturated heterocycles. The lowest BCUT2D eigenvalue weighted by Gasteiger charge is -2.19. The Morgan fingerprint density at radius 3 is 2.29 bits per heavy atom. The lowest BCUT2D eigenvalue weighted by Crippen LogP contribution is -2.40. The second-order valence-electron chi connectivity index (χ2n) is 8.15. The number of halogens is 3. The van der Waals surface area contributed by atoms with Gasteiger partial charge in [-0.1, -0.05) is 25.1 Å². The van der Waals surface area contributed by atoms with Gasteiger partial charge in [0, 0.05) is 12.7 Å². The molecule has 0 radical (unpaired) electrons. The van der Waals surface area contributed by atoms with Gasteiger partial charge in [0.05, 0.1) is 35.3 Å². The molecule has 4 aromatic rings. The standard InChI is InChI=1S/C24H19F3N6O4S/c1-4-18-20(21-19(38(28,36)37)13-30-33(21)16-10-8-15(29-2)9-11-16)22(34)31(3)23(35)32(18)17-7-5-6-14(12-17)24(25,26)27/h5-13H,4H2,1,3H3,(H2,28,36,37). The fourth-order valence-corrected chi connectivity index (χ4v) is 4.70. The normalized spacial score (nSPS) is 11.9. The molecule has 196 valence electrons. The van der Waals surface area contributed by atoms with Gasteiger partial charge in [-0.3, -0.25) is 13.9 Å². The number of primary sulfonamides is 1. The monoisotopic (exact) mass is 544 g/mol. The van der Waals surface area contributed by atoms with E-state index in [0.29, 0.717) is 4.57 Å². The molecule has 0 aliphatic rings. The average molecular weight is 545 g/mol. The van der Waals surface area contributed by atoms with E-state index in [9.17, 15) is 31.2 Å². The van der Waals surface area contributed by atoms with Crippen LogP contribution in [0.5, 0.6) is 0 Å². The minimum absolute atomic E-state index is 0.0528. The van der Waals surface area contributed by atoms with Gasteiger partial charge in [0.1, 0.15) is 10.6 Å². The summed E-state index contributed by atoms with van der Waals surface area (Å²) < 4.78 is 68.1. The molecule has 0 saturated carbocycles. The first-order valence-corrected chi connectivity index (χ1v) is 12.5. The molecule has 0 fully saturated rings. The number of benzene rings is 2. The van der Waals surface area contributed by atoms with Gasteiger partial charge < -0.3 is 0 Å². The zero-order chi connectivity index (χ0) is 28.0. The molecule has 2 aromatic heterocycles. The number of hydrogen-bond donors (Lipinski definition) is 1. The van der Waals surface area contributed by atoms with Crippen molar-refractivity contribution in [2.24, 2.45) is 12.2 Å². The van der Waals surface area contributed by atoms with E-state index in [1.807, 2.05) is 0 Å². The van der Waals surface area contributed by atoms with E-state index in [2.05, 4.69) is 9.94 Å². The van der Waals surface area contributed by atoms with Crippen molar-refractivity contribution in [2.75, 3.05) is 0 Å². The van der Waals surface area contributed by atoms with Crippen LogP contribution in [0.1, 0.15) is 18.2 Å². The van der Waals surface area contributed by atoms with Crippen LogP contribution < -0.4 is 16.4 Å². The zero-order valence-electron chi connectivity index (χ0n) is 19.9. The van der Waals surface area contributed by atoms with Crippen molar-refractivity contribution in [2.45, 2.75) is 24.4 Å². The number of hydrogen-bond acceptors (Lipinski definition) is 5. The van der Waals surface area contributed by atoms with Crippen LogP contribution in [0.4, 0.5) is 18.9 Å². The molecular formula is C24H19F3N6O4S. The third-order valence-electron chi connectivity index (χ3n) is 5.82. The number of nitrogens with two attached hydrogens (primary N) is 1. The molecule has 0 aliphatic heterocycles. The van der Waals surface area contributed by atoms with Crippen LogP contribution in [0.15, 0.2) is 69.2 Å². The van der Waals surface area contributed by atoms with Crippen LogP contribution in [0.2, 0.25) is 0 Å². The quantitative estimate of drug-likeness (QED) is 0.386. The first-order chi connectivity index (χ1) is 17.8. The smallest absolute Gasteiger partial charge is 0.268 e. The SMILES string of the molecule is [C-]#[N+]c1ccc(-n2ncc(S(N)(=O)=O)c2-c2c(CC)n(-c3cccc(C(F)(F)F)c3)c(=O)n(C)c2=O)cc1. The maximum Gasteiger partial charge on any atom is 0.416 e. The van der Waals surface area contributed by atoms with Crippen molar-refractivity contribution < 1.29 is 21.6 Å². The third-order valence-corrected chi connectivity index (χ3v) is 6.74. The van der Waals surface area contributed by atoms with Gasteiger partial charge in [-0.05, 0) is 36.8 Å². The summed E-state index contributed by atoms with van der Waals surface area (Å²) in [5.41, 5.74) is -3.09. The Morgan fingerprint density at radius 1 is 1.08 bits per heavy atom. The molecule has 2 N–H and O–H groups in total. The molecule has 0 unspecified atom stereocenters. The largest absolute Gasteiger partial charge is 0.416 e. The van der Waals surface area contributed by atoms with Gasteiger partial charge in [0.25, 0.3) is 5.56 Å². The summed E-state index contributed by atoms with van der Waals surface area (Å²) in [4.78, 5) is 29.5. The minimum Gasteiger partial charge on any atom is -0.268 e. The Balaban J connectivity index is 2.16. The summed E-state index contributed by atoms with van der Waals surface area (Å²) in [5, 5.41) is 9.53. The molecule has 0 bridgehead atoms. The van der Waals surface area contributed by atoms with Gasteiger partial charge in [0.2, 0.25) is 10.0 Å². The van der Waals surface area contributed by atoms with E-state index in [1.54, 1.807) is 6.92 Å². The maximum absolute atomic E-state index is 13.5. The predicted octanol–water partition coefficient (Wildman–Crippen LogP) is 3.17. The van der Waals surface area contributed by atoms with E-state index in [4.69, 9.17) is 11.7 Å². The van der Waals surface area contributed by atoms with Crippen molar-refractivity contribution in [1.82, 2.24) is 18.9 Å².